The summed E-state index contributed by atoms with van der Waals surface area (Å²) in [5, 5.41) is 3.31. The van der Waals surface area contributed by atoms with Crippen LogP contribution in [0.3, 0.4) is 0 Å². The van der Waals surface area contributed by atoms with Gasteiger partial charge in [0.1, 0.15) is 10.8 Å². The molecule has 4 nitrogen and oxygen atoms in total. The number of nitrogens with one attached hydrogen (secondary N) is 2. The van der Waals surface area contributed by atoms with Crippen LogP contribution in [-0.2, 0) is 0 Å². The van der Waals surface area contributed by atoms with Crippen LogP contribution in [0.2, 0.25) is 10.2 Å². The number of amides is 1. The average Bonchev–Trinajstić information content (AvgIpc) is 2.78. The van der Waals surface area contributed by atoms with E-state index < -0.39 is 0 Å². The zero-order chi connectivity index (χ0) is 15.4. The number of H-pyrrole nitrogens is 1. The summed E-state index contributed by atoms with van der Waals surface area (Å²) >= 11 is 11.6. The van der Waals surface area contributed by atoms with E-state index >= 15 is 0 Å². The molecule has 0 fully saturated rings. The smallest absolute Gasteiger partial charge is 0.272 e. The lowest BCUT2D eigenvalue weighted by molar-refractivity contribution is 0.102. The zero-order valence-corrected chi connectivity index (χ0v) is 12.8. The van der Waals surface area contributed by atoms with Crippen LogP contribution in [-0.4, -0.2) is 17.4 Å². The maximum absolute atomic E-state index is 12.0. The summed E-state index contributed by atoms with van der Waals surface area (Å²) in [5.41, 5.74) is 8.14. The lowest BCUT2D eigenvalue weighted by Gasteiger charge is -2.06. The number of halogens is 2. The summed E-state index contributed by atoms with van der Waals surface area (Å²) in [6.45, 7) is 2.23. The monoisotopic (exact) mass is 321 g/mol. The molecule has 0 saturated heterocycles. The fourth-order valence-electron chi connectivity index (χ4n) is 1.75. The van der Waals surface area contributed by atoms with Gasteiger partial charge >= 0.3 is 0 Å². The summed E-state index contributed by atoms with van der Waals surface area (Å²) < 4.78 is 0. The predicted octanol–water partition coefficient (Wildman–Crippen LogP) is 3.19. The molecule has 1 heterocycles. The number of aromatic nitrogens is 1. The van der Waals surface area contributed by atoms with Crippen LogP contribution in [0.25, 0.3) is 0 Å². The Labute approximate surface area is 132 Å². The average molecular weight is 322 g/mol. The normalized spacial score (nSPS) is 9.90. The Morgan fingerprint density at radius 1 is 1.38 bits per heavy atom. The van der Waals surface area contributed by atoms with Crippen LogP contribution in [0.4, 0.5) is 5.69 Å². The molecule has 6 heteroatoms. The van der Waals surface area contributed by atoms with Gasteiger partial charge in [-0.15, -0.1) is 0 Å². The first-order valence-corrected chi connectivity index (χ1v) is 6.92. The Morgan fingerprint density at radius 2 is 2.14 bits per heavy atom. The van der Waals surface area contributed by atoms with Crippen molar-refractivity contribution in [2.24, 2.45) is 5.73 Å². The lowest BCUT2D eigenvalue weighted by Crippen LogP contribution is -2.12. The van der Waals surface area contributed by atoms with Crippen LogP contribution >= 0.6 is 23.2 Å². The standard InChI is InChI=1S/C15H13Cl2N3O/c1-9-7-11(5-4-10(9)3-2-6-18)19-15(21)13-8-12(16)14(17)20-13/h4-5,7-8,20H,6,18H2,1H3,(H,19,21). The molecule has 2 aromatic rings. The number of anilines is 1. The summed E-state index contributed by atoms with van der Waals surface area (Å²) in [4.78, 5) is 14.7. The SMILES string of the molecule is Cc1cc(NC(=O)c2cc(Cl)c(Cl)[nH]2)ccc1C#CCN. The predicted molar refractivity (Wildman–Crippen MR) is 85.9 cm³/mol. The molecule has 108 valence electrons. The molecular weight excluding hydrogens is 309 g/mol. The number of carbonyl (C=O) groups is 1. The summed E-state index contributed by atoms with van der Waals surface area (Å²) in [6.07, 6.45) is 0. The lowest BCUT2D eigenvalue weighted by atomic mass is 10.1. The topological polar surface area (TPSA) is 70.9 Å². The van der Waals surface area contributed by atoms with E-state index in [4.69, 9.17) is 28.9 Å². The van der Waals surface area contributed by atoms with E-state index in [1.54, 1.807) is 6.07 Å². The third kappa shape index (κ3) is 3.79. The first-order chi connectivity index (χ1) is 10.0. The third-order valence-electron chi connectivity index (χ3n) is 2.78. The Hall–Kier alpha value is -1.93. The highest BCUT2D eigenvalue weighted by molar-refractivity contribution is 6.41. The van der Waals surface area contributed by atoms with Crippen LogP contribution in [0, 0.1) is 18.8 Å². The molecule has 0 radical (unpaired) electrons. The van der Waals surface area contributed by atoms with Crippen molar-refractivity contribution in [2.45, 2.75) is 6.92 Å². The highest BCUT2D eigenvalue weighted by Gasteiger charge is 2.12. The van der Waals surface area contributed by atoms with E-state index in [1.165, 1.54) is 6.07 Å². The van der Waals surface area contributed by atoms with E-state index in [2.05, 4.69) is 22.1 Å². The van der Waals surface area contributed by atoms with Gasteiger partial charge in [0.2, 0.25) is 0 Å². The Morgan fingerprint density at radius 3 is 2.71 bits per heavy atom. The van der Waals surface area contributed by atoms with Gasteiger partial charge in [0.15, 0.2) is 0 Å². The molecule has 1 aromatic carbocycles. The Kier molecular flexibility index (Phi) is 4.92. The largest absolute Gasteiger partial charge is 0.340 e. The fourth-order valence-corrected chi connectivity index (χ4v) is 2.07. The highest BCUT2D eigenvalue weighted by atomic mass is 35.5. The van der Waals surface area contributed by atoms with E-state index in [0.29, 0.717) is 22.9 Å². The second-order valence-corrected chi connectivity index (χ2v) is 5.12. The summed E-state index contributed by atoms with van der Waals surface area (Å²) in [7, 11) is 0. The molecule has 21 heavy (non-hydrogen) atoms. The molecule has 0 saturated carbocycles. The van der Waals surface area contributed by atoms with Gasteiger partial charge in [-0.3, -0.25) is 4.79 Å². The highest BCUT2D eigenvalue weighted by Crippen LogP contribution is 2.22. The maximum atomic E-state index is 12.0. The number of aromatic amines is 1. The molecule has 1 amide bonds. The van der Waals surface area contributed by atoms with Crippen LogP contribution in [0.15, 0.2) is 24.3 Å². The number of hydrogen-bond acceptors (Lipinski definition) is 2. The van der Waals surface area contributed by atoms with Gasteiger partial charge in [-0.25, -0.2) is 0 Å². The molecule has 0 unspecified atom stereocenters. The molecule has 0 aliphatic heterocycles. The second kappa shape index (κ2) is 6.68. The van der Waals surface area contributed by atoms with Gasteiger partial charge in [0.25, 0.3) is 5.91 Å². The Balaban J connectivity index is 2.16. The molecule has 0 aliphatic rings. The van der Waals surface area contributed by atoms with Crippen molar-refractivity contribution in [1.29, 1.82) is 0 Å². The number of carbonyl (C=O) groups excluding carboxylic acids is 1. The minimum absolute atomic E-state index is 0.241. The Bertz CT molecular complexity index is 722. The van der Waals surface area contributed by atoms with E-state index in [0.717, 1.165) is 11.1 Å². The third-order valence-corrected chi connectivity index (χ3v) is 3.47. The minimum atomic E-state index is -0.316. The van der Waals surface area contributed by atoms with Gasteiger partial charge in [-0.2, -0.15) is 0 Å². The molecule has 0 bridgehead atoms. The van der Waals surface area contributed by atoms with E-state index in [-0.39, 0.29) is 11.1 Å². The van der Waals surface area contributed by atoms with Crippen molar-refractivity contribution >= 4 is 34.8 Å². The van der Waals surface area contributed by atoms with Crippen molar-refractivity contribution < 1.29 is 4.79 Å². The molecule has 2 rings (SSSR count). The van der Waals surface area contributed by atoms with Gasteiger partial charge in [-0.05, 0) is 36.8 Å². The van der Waals surface area contributed by atoms with Crippen molar-refractivity contribution in [3.05, 3.63) is 51.3 Å². The van der Waals surface area contributed by atoms with Crippen molar-refractivity contribution in [2.75, 3.05) is 11.9 Å². The van der Waals surface area contributed by atoms with Crippen molar-refractivity contribution in [3.8, 4) is 11.8 Å². The van der Waals surface area contributed by atoms with E-state index in [9.17, 15) is 4.79 Å². The van der Waals surface area contributed by atoms with E-state index in [1.807, 2.05) is 19.1 Å². The summed E-state index contributed by atoms with van der Waals surface area (Å²) in [5.74, 6) is 5.45. The molecule has 4 N–H and O–H groups in total. The van der Waals surface area contributed by atoms with Gasteiger partial charge in [0.05, 0.1) is 11.6 Å². The van der Waals surface area contributed by atoms with Gasteiger partial charge < -0.3 is 16.0 Å². The number of benzene rings is 1. The molecular formula is C15H13Cl2N3O. The fraction of sp³-hybridized carbons (Fsp3) is 0.133. The number of aryl methyl sites for hydroxylation is 1. The first-order valence-electron chi connectivity index (χ1n) is 6.16. The zero-order valence-electron chi connectivity index (χ0n) is 11.3. The maximum Gasteiger partial charge on any atom is 0.272 e. The van der Waals surface area contributed by atoms with Crippen LogP contribution in [0.1, 0.15) is 21.6 Å². The number of nitrogens with two attached hydrogens (primary N) is 1. The first kappa shape index (κ1) is 15.5. The van der Waals surface area contributed by atoms with Crippen molar-refractivity contribution in [3.63, 3.8) is 0 Å². The van der Waals surface area contributed by atoms with Gasteiger partial charge in [-0.1, -0.05) is 35.0 Å². The molecule has 1 aromatic heterocycles. The van der Waals surface area contributed by atoms with Gasteiger partial charge in [0, 0.05) is 11.3 Å². The minimum Gasteiger partial charge on any atom is -0.340 e. The quantitative estimate of drug-likeness (QED) is 0.743. The number of rotatable bonds is 2. The van der Waals surface area contributed by atoms with Crippen LogP contribution < -0.4 is 11.1 Å². The van der Waals surface area contributed by atoms with Crippen LogP contribution in [0.5, 0.6) is 0 Å². The molecule has 0 aliphatic carbocycles. The molecule has 0 atom stereocenters. The second-order valence-electron chi connectivity index (χ2n) is 4.33. The summed E-state index contributed by atoms with van der Waals surface area (Å²) in [6, 6.07) is 6.93. The molecule has 0 spiro atoms. The van der Waals surface area contributed by atoms with Crippen molar-refractivity contribution in [1.82, 2.24) is 4.98 Å². The number of hydrogen-bond donors (Lipinski definition) is 3.